The van der Waals surface area contributed by atoms with Crippen LogP contribution in [0.25, 0.3) is 0 Å². The van der Waals surface area contributed by atoms with Crippen LogP contribution >= 0.6 is 15.9 Å². The quantitative estimate of drug-likeness (QED) is 0.827. The van der Waals surface area contributed by atoms with Gasteiger partial charge in [-0.25, -0.2) is 13.6 Å². The van der Waals surface area contributed by atoms with Crippen molar-refractivity contribution >= 4 is 31.6 Å². The maximum Gasteiger partial charge on any atom is 0.238 e. The van der Waals surface area contributed by atoms with E-state index in [0.29, 0.717) is 11.1 Å². The Labute approximate surface area is 134 Å². The number of hydrogen-bond acceptors (Lipinski definition) is 4. The van der Waals surface area contributed by atoms with E-state index in [1.54, 1.807) is 6.07 Å². The van der Waals surface area contributed by atoms with Gasteiger partial charge in [-0.15, -0.1) is 0 Å². The van der Waals surface area contributed by atoms with Gasteiger partial charge in [0.2, 0.25) is 10.0 Å². The summed E-state index contributed by atoms with van der Waals surface area (Å²) in [5.74, 6) is 0. The molecule has 118 valence electrons. The number of nitrogens with two attached hydrogens (primary N) is 1. The number of ether oxygens (including phenoxy) is 1. The molecule has 0 spiro atoms. The number of halogens is 1. The summed E-state index contributed by atoms with van der Waals surface area (Å²) in [6.07, 6.45) is 1.19. The average Bonchev–Trinajstić information content (AvgIpc) is 2.38. The number of sulfonamides is 1. The number of hydrogen-bond donors (Lipinski definition) is 2. The first-order valence-electron chi connectivity index (χ1n) is 6.86. The third-order valence-corrected chi connectivity index (χ3v) is 5.71. The number of anilines is 1. The first-order chi connectivity index (χ1) is 9.66. The molecule has 21 heavy (non-hydrogen) atoms. The van der Waals surface area contributed by atoms with Crippen molar-refractivity contribution in [2.45, 2.75) is 44.2 Å². The normalized spacial score (nSPS) is 24.4. The molecule has 0 heterocycles. The van der Waals surface area contributed by atoms with Crippen molar-refractivity contribution in [1.29, 1.82) is 0 Å². The highest BCUT2D eigenvalue weighted by atomic mass is 79.9. The Morgan fingerprint density at radius 1 is 1.48 bits per heavy atom. The van der Waals surface area contributed by atoms with Gasteiger partial charge in [-0.05, 0) is 47.5 Å². The van der Waals surface area contributed by atoms with Crippen molar-refractivity contribution in [3.8, 4) is 0 Å². The molecule has 2 atom stereocenters. The molecule has 0 saturated heterocycles. The minimum atomic E-state index is -3.68. The van der Waals surface area contributed by atoms with E-state index in [-0.39, 0.29) is 22.5 Å². The van der Waals surface area contributed by atoms with Crippen molar-refractivity contribution in [1.82, 2.24) is 0 Å². The van der Waals surface area contributed by atoms with Crippen LogP contribution in [0.5, 0.6) is 0 Å². The lowest BCUT2D eigenvalue weighted by Crippen LogP contribution is -2.58. The predicted molar refractivity (Wildman–Crippen MR) is 86.7 cm³/mol. The van der Waals surface area contributed by atoms with Gasteiger partial charge >= 0.3 is 0 Å². The molecular weight excluding hydrogens is 356 g/mol. The molecule has 1 aliphatic rings. The molecule has 1 aliphatic carbocycles. The van der Waals surface area contributed by atoms with E-state index < -0.39 is 10.0 Å². The van der Waals surface area contributed by atoms with E-state index in [2.05, 4.69) is 35.1 Å². The number of nitrogens with one attached hydrogen (secondary N) is 1. The van der Waals surface area contributed by atoms with Gasteiger partial charge in [0.05, 0.1) is 11.0 Å². The van der Waals surface area contributed by atoms with Crippen molar-refractivity contribution in [3.63, 3.8) is 0 Å². The summed E-state index contributed by atoms with van der Waals surface area (Å²) in [6.45, 7) is 7.05. The number of benzene rings is 1. The summed E-state index contributed by atoms with van der Waals surface area (Å²) in [7, 11) is -3.68. The lowest BCUT2D eigenvalue weighted by Gasteiger charge is -2.52. The zero-order valence-electron chi connectivity index (χ0n) is 12.4. The van der Waals surface area contributed by atoms with E-state index in [9.17, 15) is 8.42 Å². The van der Waals surface area contributed by atoms with Crippen LogP contribution in [-0.2, 0) is 14.8 Å². The van der Waals surface area contributed by atoms with Gasteiger partial charge in [-0.2, -0.15) is 0 Å². The molecule has 0 aromatic heterocycles. The summed E-state index contributed by atoms with van der Waals surface area (Å²) < 4.78 is 29.0. The van der Waals surface area contributed by atoms with Crippen LogP contribution in [0.15, 0.2) is 27.6 Å². The summed E-state index contributed by atoms with van der Waals surface area (Å²) in [6, 6.07) is 5.04. The van der Waals surface area contributed by atoms with E-state index in [4.69, 9.17) is 9.88 Å². The molecule has 2 rings (SSSR count). The van der Waals surface area contributed by atoms with Crippen LogP contribution in [-0.4, -0.2) is 27.2 Å². The van der Waals surface area contributed by atoms with Crippen molar-refractivity contribution in [2.24, 2.45) is 10.6 Å². The molecule has 0 radical (unpaired) electrons. The second-order valence-corrected chi connectivity index (χ2v) is 8.30. The molecule has 0 aliphatic heterocycles. The topological polar surface area (TPSA) is 81.4 Å². The van der Waals surface area contributed by atoms with Crippen molar-refractivity contribution < 1.29 is 13.2 Å². The lowest BCUT2D eigenvalue weighted by molar-refractivity contribution is -0.0976. The molecule has 5 nitrogen and oxygen atoms in total. The van der Waals surface area contributed by atoms with Gasteiger partial charge in [0, 0.05) is 28.2 Å². The van der Waals surface area contributed by atoms with Gasteiger partial charge in [0.15, 0.2) is 0 Å². The molecule has 0 amide bonds. The average molecular weight is 377 g/mol. The van der Waals surface area contributed by atoms with Gasteiger partial charge in [0.25, 0.3) is 0 Å². The second kappa shape index (κ2) is 5.87. The molecule has 1 aromatic rings. The molecule has 7 heteroatoms. The molecule has 1 saturated carbocycles. The Hall–Kier alpha value is -0.630. The predicted octanol–water partition coefficient (Wildman–Crippen LogP) is 2.71. The fourth-order valence-electron chi connectivity index (χ4n) is 2.59. The molecule has 2 unspecified atom stereocenters. The highest BCUT2D eigenvalue weighted by Crippen LogP contribution is 2.45. The van der Waals surface area contributed by atoms with Crippen LogP contribution < -0.4 is 10.5 Å². The Morgan fingerprint density at radius 3 is 2.62 bits per heavy atom. The SMILES string of the molecule is CCOC1CC(Nc2ccc(S(N)(=O)=O)cc2Br)C1(C)C. The Balaban J connectivity index is 2.12. The van der Waals surface area contributed by atoms with E-state index in [1.165, 1.54) is 12.1 Å². The Morgan fingerprint density at radius 2 is 2.14 bits per heavy atom. The summed E-state index contributed by atoms with van der Waals surface area (Å²) in [5.41, 5.74) is 0.893. The van der Waals surface area contributed by atoms with E-state index >= 15 is 0 Å². The summed E-state index contributed by atoms with van der Waals surface area (Å²) in [5, 5.41) is 8.56. The minimum absolute atomic E-state index is 0.0358. The standard InChI is InChI=1S/C14H21BrN2O3S/c1-4-20-13-8-12(14(13,2)3)17-11-6-5-9(7-10(11)15)21(16,18)19/h5-7,12-13,17H,4,8H2,1-3H3,(H2,16,18,19). The molecule has 3 N–H and O–H groups in total. The monoisotopic (exact) mass is 376 g/mol. The van der Waals surface area contributed by atoms with Crippen LogP contribution in [0.3, 0.4) is 0 Å². The maximum atomic E-state index is 11.3. The minimum Gasteiger partial charge on any atom is -0.381 e. The van der Waals surface area contributed by atoms with Crippen molar-refractivity contribution in [2.75, 3.05) is 11.9 Å². The van der Waals surface area contributed by atoms with Gasteiger partial charge in [-0.1, -0.05) is 13.8 Å². The number of primary sulfonamides is 1. The fraction of sp³-hybridized carbons (Fsp3) is 0.571. The third-order valence-electron chi connectivity index (χ3n) is 4.14. The Kier molecular flexibility index (Phi) is 4.68. The maximum absolute atomic E-state index is 11.3. The molecular formula is C14H21BrN2O3S. The molecule has 1 aromatic carbocycles. The lowest BCUT2D eigenvalue weighted by atomic mass is 9.64. The van der Waals surface area contributed by atoms with E-state index in [1.807, 2.05) is 6.92 Å². The van der Waals surface area contributed by atoms with Crippen LogP contribution in [0.4, 0.5) is 5.69 Å². The van der Waals surface area contributed by atoms with Gasteiger partial charge in [-0.3, -0.25) is 0 Å². The molecule has 1 fully saturated rings. The van der Waals surface area contributed by atoms with Crippen molar-refractivity contribution in [3.05, 3.63) is 22.7 Å². The molecule has 0 bridgehead atoms. The summed E-state index contributed by atoms with van der Waals surface area (Å²) >= 11 is 3.39. The van der Waals surface area contributed by atoms with Crippen LogP contribution in [0.1, 0.15) is 27.2 Å². The van der Waals surface area contributed by atoms with E-state index in [0.717, 1.165) is 12.1 Å². The third kappa shape index (κ3) is 3.41. The van der Waals surface area contributed by atoms with Crippen LogP contribution in [0.2, 0.25) is 0 Å². The fourth-order valence-corrected chi connectivity index (χ4v) is 3.78. The largest absolute Gasteiger partial charge is 0.381 e. The number of rotatable bonds is 5. The zero-order chi connectivity index (χ0) is 15.8. The summed E-state index contributed by atoms with van der Waals surface area (Å²) in [4.78, 5) is 0.0972. The highest BCUT2D eigenvalue weighted by Gasteiger charge is 2.48. The second-order valence-electron chi connectivity index (χ2n) is 5.88. The first kappa shape index (κ1) is 16.7. The van der Waals surface area contributed by atoms with Gasteiger partial charge in [0.1, 0.15) is 0 Å². The zero-order valence-corrected chi connectivity index (χ0v) is 14.8. The smallest absolute Gasteiger partial charge is 0.238 e. The van der Waals surface area contributed by atoms with Gasteiger partial charge < -0.3 is 10.1 Å². The first-order valence-corrected chi connectivity index (χ1v) is 9.20. The van der Waals surface area contributed by atoms with Crippen LogP contribution in [0, 0.1) is 5.41 Å². The highest BCUT2D eigenvalue weighted by molar-refractivity contribution is 9.10. The Bertz CT molecular complexity index is 631.